The minimum Gasteiger partial charge on any atom is -0.393 e. The van der Waals surface area contributed by atoms with Crippen LogP contribution in [0.3, 0.4) is 0 Å². The van der Waals surface area contributed by atoms with Gasteiger partial charge in [0, 0.05) is 19.1 Å². The van der Waals surface area contributed by atoms with Crippen LogP contribution in [0.2, 0.25) is 0 Å². The van der Waals surface area contributed by atoms with Crippen LogP contribution in [0.1, 0.15) is 13.3 Å². The van der Waals surface area contributed by atoms with Gasteiger partial charge in [0.25, 0.3) is 0 Å². The molecule has 1 atom stereocenters. The van der Waals surface area contributed by atoms with Gasteiger partial charge in [-0.25, -0.2) is 0 Å². The summed E-state index contributed by atoms with van der Waals surface area (Å²) in [5, 5.41) is 12.0. The van der Waals surface area contributed by atoms with Gasteiger partial charge in [0.15, 0.2) is 0 Å². The van der Waals surface area contributed by atoms with Crippen LogP contribution in [-0.4, -0.2) is 48.2 Å². The van der Waals surface area contributed by atoms with Crippen LogP contribution in [0.25, 0.3) is 0 Å². The first-order valence-corrected chi connectivity index (χ1v) is 4.26. The third kappa shape index (κ3) is 2.19. The van der Waals surface area contributed by atoms with Gasteiger partial charge in [-0.1, -0.05) is 0 Å². The number of nitrogens with zero attached hydrogens (tertiary/aromatic N) is 1. The van der Waals surface area contributed by atoms with Gasteiger partial charge in [-0.05, 0) is 14.0 Å². The van der Waals surface area contributed by atoms with E-state index in [4.69, 9.17) is 5.11 Å². The van der Waals surface area contributed by atoms with E-state index in [-0.39, 0.29) is 12.3 Å². The normalized spacial score (nSPS) is 20.4. The lowest BCUT2D eigenvalue weighted by atomic mass is 10.1. The van der Waals surface area contributed by atoms with E-state index in [9.17, 15) is 4.79 Å². The van der Waals surface area contributed by atoms with Crippen LogP contribution in [0.15, 0.2) is 0 Å². The van der Waals surface area contributed by atoms with E-state index in [1.165, 1.54) is 0 Å². The number of carbonyl (C=O) groups is 1. The molecule has 4 heteroatoms. The Morgan fingerprint density at radius 1 is 1.75 bits per heavy atom. The van der Waals surface area contributed by atoms with E-state index in [2.05, 4.69) is 5.32 Å². The van der Waals surface area contributed by atoms with Gasteiger partial charge < -0.3 is 15.3 Å². The summed E-state index contributed by atoms with van der Waals surface area (Å²) >= 11 is 0. The molecule has 1 aliphatic heterocycles. The predicted molar refractivity (Wildman–Crippen MR) is 45.7 cm³/mol. The first-order valence-electron chi connectivity index (χ1n) is 4.26. The van der Waals surface area contributed by atoms with E-state index < -0.39 is 6.10 Å². The monoisotopic (exact) mass is 172 g/mol. The Kier molecular flexibility index (Phi) is 3.05. The van der Waals surface area contributed by atoms with Gasteiger partial charge in [-0.15, -0.1) is 0 Å². The number of hydrogen-bond acceptors (Lipinski definition) is 3. The van der Waals surface area contributed by atoms with Gasteiger partial charge in [0.2, 0.25) is 5.91 Å². The predicted octanol–water partition coefficient (Wildman–Crippen LogP) is -0.812. The van der Waals surface area contributed by atoms with Gasteiger partial charge in [-0.2, -0.15) is 0 Å². The van der Waals surface area contributed by atoms with Crippen molar-refractivity contribution in [1.82, 2.24) is 10.2 Å². The summed E-state index contributed by atoms with van der Waals surface area (Å²) in [4.78, 5) is 13.0. The van der Waals surface area contributed by atoms with Gasteiger partial charge >= 0.3 is 0 Å². The summed E-state index contributed by atoms with van der Waals surface area (Å²) in [5.41, 5.74) is 0. The number of likely N-dealkylation sites (tertiary alicyclic amines) is 1. The molecule has 1 fully saturated rings. The van der Waals surface area contributed by atoms with Crippen molar-refractivity contribution < 1.29 is 9.90 Å². The Hall–Kier alpha value is -0.610. The van der Waals surface area contributed by atoms with Crippen molar-refractivity contribution in [3.8, 4) is 0 Å². The summed E-state index contributed by atoms with van der Waals surface area (Å²) < 4.78 is 0. The topological polar surface area (TPSA) is 52.6 Å². The van der Waals surface area contributed by atoms with E-state index in [0.29, 0.717) is 6.04 Å². The number of aliphatic hydroxyl groups excluding tert-OH is 1. The molecule has 0 aromatic rings. The fourth-order valence-corrected chi connectivity index (χ4v) is 1.25. The van der Waals surface area contributed by atoms with Crippen LogP contribution < -0.4 is 5.32 Å². The molecule has 70 valence electrons. The Morgan fingerprint density at radius 2 is 2.33 bits per heavy atom. The number of carbonyl (C=O) groups excluding carboxylic acids is 1. The molecule has 2 N–H and O–H groups in total. The quantitative estimate of drug-likeness (QED) is 0.585. The van der Waals surface area contributed by atoms with E-state index in [1.807, 2.05) is 7.05 Å². The number of hydrogen-bond donors (Lipinski definition) is 2. The number of amides is 1. The second-order valence-corrected chi connectivity index (χ2v) is 3.34. The smallest absolute Gasteiger partial charge is 0.225 e. The SMILES string of the molecule is CNC1CN(C(=O)CC(C)O)C1. The lowest BCUT2D eigenvalue weighted by Crippen LogP contribution is -2.59. The van der Waals surface area contributed by atoms with Crippen molar-refractivity contribution in [3.05, 3.63) is 0 Å². The summed E-state index contributed by atoms with van der Waals surface area (Å²) in [6.07, 6.45) is -0.276. The maximum absolute atomic E-state index is 11.2. The van der Waals surface area contributed by atoms with Crippen molar-refractivity contribution in [2.45, 2.75) is 25.5 Å². The van der Waals surface area contributed by atoms with Crippen molar-refractivity contribution in [1.29, 1.82) is 0 Å². The summed E-state index contributed by atoms with van der Waals surface area (Å²) in [6.45, 7) is 3.19. The van der Waals surface area contributed by atoms with Crippen LogP contribution in [0.5, 0.6) is 0 Å². The molecule has 1 heterocycles. The largest absolute Gasteiger partial charge is 0.393 e. The number of nitrogens with one attached hydrogen (secondary N) is 1. The maximum atomic E-state index is 11.2. The highest BCUT2D eigenvalue weighted by molar-refractivity contribution is 5.77. The molecule has 0 bridgehead atoms. The lowest BCUT2D eigenvalue weighted by Gasteiger charge is -2.39. The van der Waals surface area contributed by atoms with Crippen LogP contribution >= 0.6 is 0 Å². The molecule has 0 saturated carbocycles. The van der Waals surface area contributed by atoms with Crippen molar-refractivity contribution in [3.63, 3.8) is 0 Å². The van der Waals surface area contributed by atoms with E-state index >= 15 is 0 Å². The molecule has 0 aliphatic carbocycles. The molecule has 1 unspecified atom stereocenters. The fourth-order valence-electron chi connectivity index (χ4n) is 1.25. The molecule has 1 rings (SSSR count). The second-order valence-electron chi connectivity index (χ2n) is 3.34. The highest BCUT2D eigenvalue weighted by Gasteiger charge is 2.29. The van der Waals surface area contributed by atoms with Gasteiger partial charge in [-0.3, -0.25) is 4.79 Å². The lowest BCUT2D eigenvalue weighted by molar-refractivity contribution is -0.137. The molecule has 0 aromatic heterocycles. The number of aliphatic hydroxyl groups is 1. The first-order chi connectivity index (χ1) is 5.63. The van der Waals surface area contributed by atoms with Crippen LogP contribution in [-0.2, 0) is 4.79 Å². The number of likely N-dealkylation sites (N-methyl/N-ethyl adjacent to an activating group) is 1. The van der Waals surface area contributed by atoms with Crippen molar-refractivity contribution in [2.75, 3.05) is 20.1 Å². The molecule has 0 radical (unpaired) electrons. The highest BCUT2D eigenvalue weighted by atomic mass is 16.3. The molecule has 1 saturated heterocycles. The standard InChI is InChI=1S/C8H16N2O2/c1-6(11)3-8(12)10-4-7(5-10)9-2/h6-7,9,11H,3-5H2,1-2H3. The Bertz CT molecular complexity index is 164. The molecule has 0 aromatic carbocycles. The molecular weight excluding hydrogens is 156 g/mol. The van der Waals surface area contributed by atoms with Gasteiger partial charge in [0.1, 0.15) is 0 Å². The summed E-state index contributed by atoms with van der Waals surface area (Å²) in [7, 11) is 1.89. The number of rotatable bonds is 3. The molecule has 4 nitrogen and oxygen atoms in total. The molecule has 0 spiro atoms. The minimum absolute atomic E-state index is 0.0523. The average Bonchev–Trinajstić information content (AvgIpc) is 1.82. The maximum Gasteiger partial charge on any atom is 0.225 e. The van der Waals surface area contributed by atoms with Gasteiger partial charge in [0.05, 0.1) is 12.5 Å². The Labute approximate surface area is 72.6 Å². The highest BCUT2D eigenvalue weighted by Crippen LogP contribution is 2.09. The molecular formula is C8H16N2O2. The van der Waals surface area contributed by atoms with Crippen molar-refractivity contribution >= 4 is 5.91 Å². The van der Waals surface area contributed by atoms with Crippen LogP contribution in [0.4, 0.5) is 0 Å². The Balaban J connectivity index is 2.19. The molecule has 12 heavy (non-hydrogen) atoms. The minimum atomic E-state index is -0.522. The van der Waals surface area contributed by atoms with E-state index in [0.717, 1.165) is 13.1 Å². The third-order valence-electron chi connectivity index (χ3n) is 2.11. The zero-order valence-electron chi connectivity index (χ0n) is 7.58. The Morgan fingerprint density at radius 3 is 2.75 bits per heavy atom. The summed E-state index contributed by atoms with van der Waals surface area (Å²) in [6, 6.07) is 0.447. The average molecular weight is 172 g/mol. The molecule has 1 amide bonds. The zero-order valence-corrected chi connectivity index (χ0v) is 7.58. The van der Waals surface area contributed by atoms with E-state index in [1.54, 1.807) is 11.8 Å². The van der Waals surface area contributed by atoms with Crippen LogP contribution in [0, 0.1) is 0 Å². The fraction of sp³-hybridized carbons (Fsp3) is 0.875. The second kappa shape index (κ2) is 3.87. The molecule has 1 aliphatic rings. The first kappa shape index (κ1) is 9.48. The third-order valence-corrected chi connectivity index (χ3v) is 2.11. The van der Waals surface area contributed by atoms with Crippen molar-refractivity contribution in [2.24, 2.45) is 0 Å². The zero-order chi connectivity index (χ0) is 9.14. The summed E-state index contributed by atoms with van der Waals surface area (Å²) in [5.74, 6) is 0.0523.